The number of ether oxygens (including phenoxy) is 1. The van der Waals surface area contributed by atoms with Gasteiger partial charge in [-0.1, -0.05) is 24.3 Å². The molecule has 1 aromatic rings. The van der Waals surface area contributed by atoms with Crippen molar-refractivity contribution in [2.45, 2.75) is 32.1 Å². The zero-order chi connectivity index (χ0) is 12.8. The summed E-state index contributed by atoms with van der Waals surface area (Å²) in [7, 11) is 0. The van der Waals surface area contributed by atoms with Crippen LogP contribution in [0, 0.1) is 0 Å². The number of fused-ring (bicyclic) bond motifs is 1. The van der Waals surface area contributed by atoms with Gasteiger partial charge < -0.3 is 9.84 Å². The van der Waals surface area contributed by atoms with Gasteiger partial charge in [0.25, 0.3) is 0 Å². The Morgan fingerprint density at radius 1 is 1.28 bits per heavy atom. The first-order chi connectivity index (χ1) is 8.77. The quantitative estimate of drug-likeness (QED) is 0.812. The Morgan fingerprint density at radius 3 is 2.94 bits per heavy atom. The molecule has 0 atom stereocenters. The maximum absolute atomic E-state index is 10.3. The van der Waals surface area contributed by atoms with Gasteiger partial charge in [-0.05, 0) is 42.9 Å². The minimum Gasteiger partial charge on any atom is -0.489 e. The summed E-state index contributed by atoms with van der Waals surface area (Å²) in [6.07, 6.45) is 8.15. The molecule has 96 valence electrons. The van der Waals surface area contributed by atoms with Gasteiger partial charge in [0.15, 0.2) is 0 Å². The Hall–Kier alpha value is -1.77. The van der Waals surface area contributed by atoms with Gasteiger partial charge in [-0.2, -0.15) is 0 Å². The maximum atomic E-state index is 10.3. The van der Waals surface area contributed by atoms with Crippen molar-refractivity contribution in [3.63, 3.8) is 0 Å². The second kappa shape index (κ2) is 6.24. The van der Waals surface area contributed by atoms with Crippen molar-refractivity contribution >= 4 is 5.97 Å². The summed E-state index contributed by atoms with van der Waals surface area (Å²) in [5.74, 6) is 0.135. The van der Waals surface area contributed by atoms with Crippen molar-refractivity contribution in [2.24, 2.45) is 0 Å². The summed E-state index contributed by atoms with van der Waals surface area (Å²) in [5.41, 5.74) is 2.73. The molecule has 0 aromatic heterocycles. The van der Waals surface area contributed by atoms with Crippen molar-refractivity contribution in [1.82, 2.24) is 0 Å². The molecular formula is C15H18O3. The second-order valence-electron chi connectivity index (χ2n) is 4.48. The van der Waals surface area contributed by atoms with Crippen molar-refractivity contribution in [1.29, 1.82) is 0 Å². The standard InChI is InChI=1S/C15H18O3/c16-15(17)10-3-4-11-18-14-9-5-7-12-6-1-2-8-13(12)14/h3-5,7,9H,1-2,6,8,10-11H2,(H,16,17)/b4-3+. The highest BCUT2D eigenvalue weighted by atomic mass is 16.5. The molecule has 0 spiro atoms. The van der Waals surface area contributed by atoms with Crippen LogP contribution in [0.15, 0.2) is 30.4 Å². The zero-order valence-electron chi connectivity index (χ0n) is 10.4. The molecule has 18 heavy (non-hydrogen) atoms. The first kappa shape index (κ1) is 12.7. The van der Waals surface area contributed by atoms with Crippen molar-refractivity contribution in [3.05, 3.63) is 41.5 Å². The molecule has 1 N–H and O–H groups in total. The highest BCUT2D eigenvalue weighted by Crippen LogP contribution is 2.29. The molecule has 0 aliphatic heterocycles. The van der Waals surface area contributed by atoms with Crippen molar-refractivity contribution in [2.75, 3.05) is 6.61 Å². The molecule has 3 nitrogen and oxygen atoms in total. The van der Waals surface area contributed by atoms with Crippen LogP contribution in [0.25, 0.3) is 0 Å². The van der Waals surface area contributed by atoms with E-state index >= 15 is 0 Å². The van der Waals surface area contributed by atoms with E-state index in [0.717, 1.165) is 18.6 Å². The van der Waals surface area contributed by atoms with Gasteiger partial charge in [0.1, 0.15) is 12.4 Å². The fourth-order valence-corrected chi connectivity index (χ4v) is 2.27. The lowest BCUT2D eigenvalue weighted by molar-refractivity contribution is -0.136. The van der Waals surface area contributed by atoms with Crippen LogP contribution < -0.4 is 4.74 Å². The van der Waals surface area contributed by atoms with E-state index in [1.165, 1.54) is 24.0 Å². The monoisotopic (exact) mass is 246 g/mol. The van der Waals surface area contributed by atoms with Crippen LogP contribution in [0.4, 0.5) is 0 Å². The van der Waals surface area contributed by atoms with Crippen LogP contribution in [-0.2, 0) is 17.6 Å². The highest BCUT2D eigenvalue weighted by Gasteiger charge is 2.13. The molecule has 0 amide bonds. The second-order valence-corrected chi connectivity index (χ2v) is 4.48. The molecule has 0 radical (unpaired) electrons. The van der Waals surface area contributed by atoms with E-state index in [4.69, 9.17) is 9.84 Å². The van der Waals surface area contributed by atoms with E-state index in [1.54, 1.807) is 12.2 Å². The average molecular weight is 246 g/mol. The summed E-state index contributed by atoms with van der Waals surface area (Å²) in [6.45, 7) is 0.434. The van der Waals surface area contributed by atoms with E-state index in [0.29, 0.717) is 6.61 Å². The lowest BCUT2D eigenvalue weighted by atomic mass is 9.91. The van der Waals surface area contributed by atoms with Gasteiger partial charge in [-0.25, -0.2) is 0 Å². The first-order valence-corrected chi connectivity index (χ1v) is 6.38. The van der Waals surface area contributed by atoms with Crippen LogP contribution in [0.5, 0.6) is 5.75 Å². The summed E-state index contributed by atoms with van der Waals surface area (Å²) in [4.78, 5) is 10.3. The Kier molecular flexibility index (Phi) is 4.40. The van der Waals surface area contributed by atoms with E-state index in [1.807, 2.05) is 12.1 Å². The molecule has 1 aliphatic carbocycles. The van der Waals surface area contributed by atoms with E-state index < -0.39 is 5.97 Å². The minimum absolute atomic E-state index is 0.0518. The molecule has 0 heterocycles. The Morgan fingerprint density at radius 2 is 2.11 bits per heavy atom. The highest BCUT2D eigenvalue weighted by molar-refractivity contribution is 5.68. The zero-order valence-corrected chi connectivity index (χ0v) is 10.4. The van der Waals surface area contributed by atoms with Crippen LogP contribution in [0.3, 0.4) is 0 Å². The molecular weight excluding hydrogens is 228 g/mol. The average Bonchev–Trinajstić information content (AvgIpc) is 2.38. The molecule has 0 bridgehead atoms. The molecule has 2 rings (SSSR count). The van der Waals surface area contributed by atoms with Gasteiger partial charge in [-0.3, -0.25) is 4.79 Å². The number of hydrogen-bond donors (Lipinski definition) is 1. The lowest BCUT2D eigenvalue weighted by Gasteiger charge is -2.18. The van der Waals surface area contributed by atoms with E-state index in [2.05, 4.69) is 6.07 Å². The first-order valence-electron chi connectivity index (χ1n) is 6.38. The normalized spacial score (nSPS) is 14.4. The smallest absolute Gasteiger partial charge is 0.307 e. The number of aryl methyl sites for hydroxylation is 1. The largest absolute Gasteiger partial charge is 0.489 e. The minimum atomic E-state index is -0.816. The molecule has 1 aliphatic rings. The Bertz CT molecular complexity index is 449. The lowest BCUT2D eigenvalue weighted by Crippen LogP contribution is -2.06. The van der Waals surface area contributed by atoms with Gasteiger partial charge in [-0.15, -0.1) is 0 Å². The predicted molar refractivity (Wildman–Crippen MR) is 70.0 cm³/mol. The number of hydrogen-bond acceptors (Lipinski definition) is 2. The number of rotatable bonds is 5. The molecule has 0 unspecified atom stereocenters. The summed E-state index contributed by atoms with van der Waals surface area (Å²) in [5, 5.41) is 8.50. The van der Waals surface area contributed by atoms with E-state index in [-0.39, 0.29) is 6.42 Å². The third-order valence-electron chi connectivity index (χ3n) is 3.15. The van der Waals surface area contributed by atoms with Crippen LogP contribution in [-0.4, -0.2) is 17.7 Å². The molecule has 3 heteroatoms. The van der Waals surface area contributed by atoms with Gasteiger partial charge in [0.05, 0.1) is 6.42 Å². The molecule has 0 saturated carbocycles. The van der Waals surface area contributed by atoms with Crippen molar-refractivity contribution < 1.29 is 14.6 Å². The molecule has 0 fully saturated rings. The number of aliphatic carboxylic acids is 1. The number of carbonyl (C=O) groups is 1. The Balaban J connectivity index is 1.93. The Labute approximate surface area is 107 Å². The van der Waals surface area contributed by atoms with E-state index in [9.17, 15) is 4.79 Å². The topological polar surface area (TPSA) is 46.5 Å². The van der Waals surface area contributed by atoms with Crippen LogP contribution in [0.2, 0.25) is 0 Å². The van der Waals surface area contributed by atoms with Crippen molar-refractivity contribution in [3.8, 4) is 5.75 Å². The molecule has 0 saturated heterocycles. The predicted octanol–water partition coefficient (Wildman–Crippen LogP) is 2.98. The number of carboxylic acids is 1. The number of benzene rings is 1. The molecule has 1 aromatic carbocycles. The van der Waals surface area contributed by atoms with Gasteiger partial charge in [0, 0.05) is 0 Å². The summed E-state index contributed by atoms with van der Waals surface area (Å²) < 4.78 is 5.71. The third-order valence-corrected chi connectivity index (χ3v) is 3.15. The summed E-state index contributed by atoms with van der Waals surface area (Å²) >= 11 is 0. The third kappa shape index (κ3) is 3.36. The van der Waals surface area contributed by atoms with Crippen LogP contribution in [0.1, 0.15) is 30.4 Å². The summed E-state index contributed by atoms with van der Waals surface area (Å²) in [6, 6.07) is 6.19. The van der Waals surface area contributed by atoms with Gasteiger partial charge >= 0.3 is 5.97 Å². The van der Waals surface area contributed by atoms with Gasteiger partial charge in [0.2, 0.25) is 0 Å². The maximum Gasteiger partial charge on any atom is 0.307 e. The fourth-order valence-electron chi connectivity index (χ4n) is 2.27. The SMILES string of the molecule is O=C(O)C/C=C/COc1cccc2c1CCCC2. The fraction of sp³-hybridized carbons (Fsp3) is 0.400. The van der Waals surface area contributed by atoms with Crippen LogP contribution >= 0.6 is 0 Å². The number of carboxylic acid groups (broad SMARTS) is 1.